The standard InChI is InChI=1S/C20H24N2O4S/c1-13(2)19(23)21-15-8-7-9-16(12-15)22-20(24)17-10-5-6-11-18(17)27(25,26)14(3)4/h5-14H,1-4H3,(H,21,23)(H,22,24). The van der Waals surface area contributed by atoms with Crippen LogP contribution in [0.4, 0.5) is 11.4 Å². The number of hydrogen-bond acceptors (Lipinski definition) is 4. The third-order valence-electron chi connectivity index (χ3n) is 3.97. The minimum atomic E-state index is -3.60. The summed E-state index contributed by atoms with van der Waals surface area (Å²) in [5.74, 6) is -0.828. The van der Waals surface area contributed by atoms with Gasteiger partial charge in [-0.15, -0.1) is 0 Å². The molecule has 0 bridgehead atoms. The number of hydrogen-bond donors (Lipinski definition) is 2. The van der Waals surface area contributed by atoms with Crippen molar-refractivity contribution < 1.29 is 18.0 Å². The summed E-state index contributed by atoms with van der Waals surface area (Å²) in [6, 6.07) is 12.8. The van der Waals surface area contributed by atoms with Gasteiger partial charge in [-0.25, -0.2) is 8.42 Å². The zero-order valence-corrected chi connectivity index (χ0v) is 16.6. The van der Waals surface area contributed by atoms with Crippen LogP contribution < -0.4 is 10.6 Å². The molecule has 144 valence electrons. The van der Waals surface area contributed by atoms with Crippen LogP contribution >= 0.6 is 0 Å². The topological polar surface area (TPSA) is 92.3 Å². The third-order valence-corrected chi connectivity index (χ3v) is 6.18. The Morgan fingerprint density at radius 3 is 2.04 bits per heavy atom. The Balaban J connectivity index is 2.28. The minimum Gasteiger partial charge on any atom is -0.326 e. The van der Waals surface area contributed by atoms with E-state index in [0.29, 0.717) is 11.4 Å². The number of benzene rings is 2. The molecular formula is C20H24N2O4S. The van der Waals surface area contributed by atoms with E-state index < -0.39 is 21.0 Å². The number of rotatable bonds is 6. The maximum atomic E-state index is 12.7. The summed E-state index contributed by atoms with van der Waals surface area (Å²) in [6.45, 7) is 6.72. The molecule has 6 nitrogen and oxygen atoms in total. The van der Waals surface area contributed by atoms with Gasteiger partial charge in [-0.1, -0.05) is 32.0 Å². The summed E-state index contributed by atoms with van der Waals surface area (Å²) in [6.07, 6.45) is 0. The van der Waals surface area contributed by atoms with Crippen molar-refractivity contribution in [3.05, 3.63) is 54.1 Å². The average molecular weight is 388 g/mol. The van der Waals surface area contributed by atoms with Crippen LogP contribution in [0.1, 0.15) is 38.1 Å². The van der Waals surface area contributed by atoms with E-state index in [2.05, 4.69) is 10.6 Å². The van der Waals surface area contributed by atoms with Crippen LogP contribution in [0.5, 0.6) is 0 Å². The van der Waals surface area contributed by atoms with Crippen molar-refractivity contribution in [3.8, 4) is 0 Å². The second-order valence-corrected chi connectivity index (χ2v) is 9.24. The molecule has 0 aliphatic rings. The van der Waals surface area contributed by atoms with Crippen LogP contribution in [-0.2, 0) is 14.6 Å². The van der Waals surface area contributed by atoms with Crippen LogP contribution in [0.25, 0.3) is 0 Å². The molecule has 27 heavy (non-hydrogen) atoms. The first-order valence-corrected chi connectivity index (χ1v) is 10.2. The fourth-order valence-electron chi connectivity index (χ4n) is 2.32. The van der Waals surface area contributed by atoms with E-state index in [1.54, 1.807) is 64.1 Å². The van der Waals surface area contributed by atoms with Gasteiger partial charge in [0.05, 0.1) is 15.7 Å². The van der Waals surface area contributed by atoms with Gasteiger partial charge in [-0.3, -0.25) is 9.59 Å². The molecule has 0 aliphatic heterocycles. The summed E-state index contributed by atoms with van der Waals surface area (Å²) in [5.41, 5.74) is 1.09. The second-order valence-electron chi connectivity index (χ2n) is 6.77. The largest absolute Gasteiger partial charge is 0.326 e. The molecule has 2 aromatic carbocycles. The quantitative estimate of drug-likeness (QED) is 0.789. The molecule has 0 heterocycles. The summed E-state index contributed by atoms with van der Waals surface area (Å²) < 4.78 is 25.0. The average Bonchev–Trinajstić information content (AvgIpc) is 2.61. The van der Waals surface area contributed by atoms with Gasteiger partial charge in [-0.05, 0) is 44.2 Å². The van der Waals surface area contributed by atoms with E-state index >= 15 is 0 Å². The van der Waals surface area contributed by atoms with Crippen molar-refractivity contribution in [1.29, 1.82) is 0 Å². The van der Waals surface area contributed by atoms with Crippen molar-refractivity contribution in [2.45, 2.75) is 37.8 Å². The first-order chi connectivity index (χ1) is 12.6. The molecule has 0 saturated carbocycles. The van der Waals surface area contributed by atoms with Gasteiger partial charge >= 0.3 is 0 Å². The first kappa shape index (κ1) is 20.6. The smallest absolute Gasteiger partial charge is 0.256 e. The fourth-order valence-corrected chi connectivity index (χ4v) is 3.56. The Morgan fingerprint density at radius 2 is 1.44 bits per heavy atom. The maximum absolute atomic E-state index is 12.7. The van der Waals surface area contributed by atoms with E-state index in [0.717, 1.165) is 0 Å². The van der Waals surface area contributed by atoms with Crippen molar-refractivity contribution >= 4 is 33.0 Å². The van der Waals surface area contributed by atoms with Crippen LogP contribution in [0, 0.1) is 5.92 Å². The highest BCUT2D eigenvalue weighted by Gasteiger charge is 2.25. The van der Waals surface area contributed by atoms with Gasteiger partial charge in [0.1, 0.15) is 0 Å². The number of carbonyl (C=O) groups excluding carboxylic acids is 2. The molecule has 0 aliphatic carbocycles. The highest BCUT2D eigenvalue weighted by atomic mass is 32.2. The number of amides is 2. The van der Waals surface area contributed by atoms with E-state index in [1.807, 2.05) is 0 Å². The lowest BCUT2D eigenvalue weighted by molar-refractivity contribution is -0.118. The molecule has 0 spiro atoms. The van der Waals surface area contributed by atoms with E-state index in [4.69, 9.17) is 0 Å². The van der Waals surface area contributed by atoms with E-state index in [1.165, 1.54) is 12.1 Å². The third kappa shape index (κ3) is 4.95. The second kappa shape index (κ2) is 8.35. The molecule has 2 N–H and O–H groups in total. The number of nitrogens with one attached hydrogen (secondary N) is 2. The molecule has 0 atom stereocenters. The zero-order valence-electron chi connectivity index (χ0n) is 15.8. The number of carbonyl (C=O) groups is 2. The van der Waals surface area contributed by atoms with Crippen molar-refractivity contribution in [1.82, 2.24) is 0 Å². The lowest BCUT2D eigenvalue weighted by Gasteiger charge is -2.14. The Morgan fingerprint density at radius 1 is 0.852 bits per heavy atom. The van der Waals surface area contributed by atoms with Crippen molar-refractivity contribution in [2.24, 2.45) is 5.92 Å². The molecule has 0 radical (unpaired) electrons. The van der Waals surface area contributed by atoms with Crippen LogP contribution in [0.2, 0.25) is 0 Å². The molecular weight excluding hydrogens is 364 g/mol. The fraction of sp³-hybridized carbons (Fsp3) is 0.300. The number of anilines is 2. The normalized spacial score (nSPS) is 11.5. The van der Waals surface area contributed by atoms with Crippen LogP contribution in [-0.4, -0.2) is 25.5 Å². The van der Waals surface area contributed by atoms with Gasteiger partial charge < -0.3 is 10.6 Å². The predicted molar refractivity (Wildman–Crippen MR) is 107 cm³/mol. The Kier molecular flexibility index (Phi) is 6.38. The van der Waals surface area contributed by atoms with Crippen LogP contribution in [0.3, 0.4) is 0 Å². The lowest BCUT2D eigenvalue weighted by atomic mass is 10.2. The summed E-state index contributed by atoms with van der Waals surface area (Å²) in [7, 11) is -3.60. The van der Waals surface area contributed by atoms with Crippen molar-refractivity contribution in [2.75, 3.05) is 10.6 Å². The van der Waals surface area contributed by atoms with Gasteiger partial charge in [-0.2, -0.15) is 0 Å². The molecule has 2 aromatic rings. The zero-order chi connectivity index (χ0) is 20.2. The van der Waals surface area contributed by atoms with Crippen molar-refractivity contribution in [3.63, 3.8) is 0 Å². The van der Waals surface area contributed by atoms with E-state index in [9.17, 15) is 18.0 Å². The molecule has 0 aromatic heterocycles. The lowest BCUT2D eigenvalue weighted by Crippen LogP contribution is -2.21. The maximum Gasteiger partial charge on any atom is 0.256 e. The monoisotopic (exact) mass is 388 g/mol. The number of sulfone groups is 1. The van der Waals surface area contributed by atoms with Gasteiger partial charge in [0, 0.05) is 17.3 Å². The molecule has 2 amide bonds. The Hall–Kier alpha value is -2.67. The minimum absolute atomic E-state index is 0.00163. The summed E-state index contributed by atoms with van der Waals surface area (Å²) >= 11 is 0. The molecule has 7 heteroatoms. The van der Waals surface area contributed by atoms with Crippen LogP contribution in [0.15, 0.2) is 53.4 Å². The summed E-state index contributed by atoms with van der Waals surface area (Å²) in [4.78, 5) is 24.5. The Labute approximate surface area is 159 Å². The van der Waals surface area contributed by atoms with Gasteiger partial charge in [0.15, 0.2) is 9.84 Å². The van der Waals surface area contributed by atoms with Gasteiger partial charge in [0.2, 0.25) is 5.91 Å². The van der Waals surface area contributed by atoms with Gasteiger partial charge in [0.25, 0.3) is 5.91 Å². The first-order valence-electron chi connectivity index (χ1n) is 8.68. The summed E-state index contributed by atoms with van der Waals surface area (Å²) in [5, 5.41) is 4.82. The SMILES string of the molecule is CC(C)C(=O)Nc1cccc(NC(=O)c2ccccc2S(=O)(=O)C(C)C)c1. The molecule has 0 saturated heterocycles. The predicted octanol–water partition coefficient (Wildman–Crippen LogP) is 3.72. The molecule has 0 fully saturated rings. The molecule has 0 unspecified atom stereocenters. The molecule has 2 rings (SSSR count). The Bertz CT molecular complexity index is 950. The highest BCUT2D eigenvalue weighted by molar-refractivity contribution is 7.92. The van der Waals surface area contributed by atoms with E-state index in [-0.39, 0.29) is 22.3 Å². The highest BCUT2D eigenvalue weighted by Crippen LogP contribution is 2.22.